The predicted molar refractivity (Wildman–Crippen MR) is 115 cm³/mol. The van der Waals surface area contributed by atoms with Crippen molar-refractivity contribution in [1.29, 1.82) is 0 Å². The van der Waals surface area contributed by atoms with E-state index in [4.69, 9.17) is 16.3 Å². The van der Waals surface area contributed by atoms with Gasteiger partial charge in [0.15, 0.2) is 6.61 Å². The van der Waals surface area contributed by atoms with Crippen LogP contribution in [0.3, 0.4) is 0 Å². The van der Waals surface area contributed by atoms with Crippen molar-refractivity contribution in [2.45, 2.75) is 0 Å². The van der Waals surface area contributed by atoms with E-state index >= 15 is 0 Å². The molecule has 2 N–H and O–H groups in total. The number of ether oxygens (including phenoxy) is 1. The summed E-state index contributed by atoms with van der Waals surface area (Å²) in [5, 5.41) is 8.21. The lowest BCUT2D eigenvalue weighted by atomic mass is 10.1. The summed E-state index contributed by atoms with van der Waals surface area (Å²) >= 11 is 6.37. The van der Waals surface area contributed by atoms with Gasteiger partial charge in [-0.2, -0.15) is 0 Å². The Morgan fingerprint density at radius 1 is 1.10 bits per heavy atom. The van der Waals surface area contributed by atoms with Gasteiger partial charge in [0.25, 0.3) is 5.91 Å². The molecule has 29 heavy (non-hydrogen) atoms. The first-order valence-corrected chi connectivity index (χ1v) is 9.69. The Labute approximate surface area is 173 Å². The number of nitrogens with one attached hydrogen (secondary N) is 2. The van der Waals surface area contributed by atoms with Gasteiger partial charge in [-0.15, -0.1) is 0 Å². The van der Waals surface area contributed by atoms with E-state index in [1.807, 2.05) is 47.4 Å². The van der Waals surface area contributed by atoms with Gasteiger partial charge < -0.3 is 20.3 Å². The van der Waals surface area contributed by atoms with Gasteiger partial charge in [0.2, 0.25) is 5.91 Å². The van der Waals surface area contributed by atoms with Crippen LogP contribution in [0.2, 0.25) is 5.02 Å². The summed E-state index contributed by atoms with van der Waals surface area (Å²) in [6, 6.07) is 18.9. The second-order valence-corrected chi connectivity index (χ2v) is 7.19. The quantitative estimate of drug-likeness (QED) is 0.677. The fraction of sp³-hybridized carbons (Fsp3) is 0.182. The van der Waals surface area contributed by atoms with Gasteiger partial charge in [0.1, 0.15) is 5.75 Å². The summed E-state index contributed by atoms with van der Waals surface area (Å²) in [4.78, 5) is 25.7. The van der Waals surface area contributed by atoms with Crippen molar-refractivity contribution in [2.24, 2.45) is 0 Å². The highest BCUT2D eigenvalue weighted by Gasteiger charge is 2.19. The van der Waals surface area contributed by atoms with Crippen LogP contribution in [0.5, 0.6) is 5.75 Å². The van der Waals surface area contributed by atoms with Gasteiger partial charge in [0, 0.05) is 18.8 Å². The van der Waals surface area contributed by atoms with E-state index < -0.39 is 0 Å². The highest BCUT2D eigenvalue weighted by molar-refractivity contribution is 6.33. The Bertz CT molecular complexity index is 1070. The van der Waals surface area contributed by atoms with Crippen LogP contribution in [-0.4, -0.2) is 38.1 Å². The maximum Gasteiger partial charge on any atom is 0.262 e. The van der Waals surface area contributed by atoms with Crippen LogP contribution in [0.4, 0.5) is 11.4 Å². The van der Waals surface area contributed by atoms with Crippen molar-refractivity contribution >= 4 is 45.6 Å². The molecule has 148 valence electrons. The van der Waals surface area contributed by atoms with Crippen LogP contribution in [0.25, 0.3) is 10.8 Å². The summed E-state index contributed by atoms with van der Waals surface area (Å²) in [7, 11) is 0. The minimum Gasteiger partial charge on any atom is -0.484 e. The van der Waals surface area contributed by atoms with Crippen molar-refractivity contribution < 1.29 is 14.3 Å². The minimum absolute atomic E-state index is 0.0319. The molecule has 3 aromatic carbocycles. The van der Waals surface area contributed by atoms with Gasteiger partial charge in [0.05, 0.1) is 17.3 Å². The third-order valence-corrected chi connectivity index (χ3v) is 5.00. The van der Waals surface area contributed by atoms with Crippen LogP contribution in [0.1, 0.15) is 0 Å². The standard InChI is InChI=1S/C22H20ClN3O3/c23-19-12-17(6-8-20(19)26-10-9-24-21(27)13-26)25-22(28)14-29-18-7-5-15-3-1-2-4-16(15)11-18/h1-8,11-12H,9-10,13-14H2,(H,24,27)(H,25,28). The van der Waals surface area contributed by atoms with Crippen LogP contribution >= 0.6 is 11.6 Å². The number of carbonyl (C=O) groups is 2. The highest BCUT2D eigenvalue weighted by atomic mass is 35.5. The van der Waals surface area contributed by atoms with E-state index in [2.05, 4.69) is 10.6 Å². The van der Waals surface area contributed by atoms with Gasteiger partial charge in [-0.3, -0.25) is 9.59 Å². The molecule has 7 heteroatoms. The van der Waals surface area contributed by atoms with E-state index in [0.29, 0.717) is 29.5 Å². The maximum absolute atomic E-state index is 12.2. The number of halogens is 1. The monoisotopic (exact) mass is 409 g/mol. The molecular weight excluding hydrogens is 390 g/mol. The second kappa shape index (κ2) is 8.41. The number of anilines is 2. The Balaban J connectivity index is 1.36. The second-order valence-electron chi connectivity index (χ2n) is 6.78. The molecule has 4 rings (SSSR count). The fourth-order valence-corrected chi connectivity index (χ4v) is 3.59. The van der Waals surface area contributed by atoms with Gasteiger partial charge >= 0.3 is 0 Å². The van der Waals surface area contributed by atoms with E-state index in [-0.39, 0.29) is 25.0 Å². The first-order valence-electron chi connectivity index (χ1n) is 9.31. The van der Waals surface area contributed by atoms with Gasteiger partial charge in [-0.25, -0.2) is 0 Å². The number of piperazine rings is 1. The van der Waals surface area contributed by atoms with Crippen molar-refractivity contribution in [1.82, 2.24) is 5.32 Å². The van der Waals surface area contributed by atoms with Crippen molar-refractivity contribution in [3.8, 4) is 5.75 Å². The number of hydrogen-bond acceptors (Lipinski definition) is 4. The van der Waals surface area contributed by atoms with Gasteiger partial charge in [-0.1, -0.05) is 41.9 Å². The summed E-state index contributed by atoms with van der Waals surface area (Å²) in [6.07, 6.45) is 0. The lowest BCUT2D eigenvalue weighted by Gasteiger charge is -2.29. The molecule has 1 heterocycles. The lowest BCUT2D eigenvalue weighted by Crippen LogP contribution is -2.47. The molecule has 0 atom stereocenters. The zero-order chi connectivity index (χ0) is 20.2. The smallest absolute Gasteiger partial charge is 0.262 e. The first-order chi connectivity index (χ1) is 14.1. The number of benzene rings is 3. The zero-order valence-electron chi connectivity index (χ0n) is 15.7. The third-order valence-electron chi connectivity index (χ3n) is 4.70. The summed E-state index contributed by atoms with van der Waals surface area (Å²) in [5.74, 6) is 0.325. The molecular formula is C22H20ClN3O3. The lowest BCUT2D eigenvalue weighted by molar-refractivity contribution is -0.120. The number of rotatable bonds is 5. The predicted octanol–water partition coefficient (Wildman–Crippen LogP) is 3.45. The molecule has 1 saturated heterocycles. The van der Waals surface area contributed by atoms with Crippen molar-refractivity contribution in [3.63, 3.8) is 0 Å². The van der Waals surface area contributed by atoms with E-state index in [0.717, 1.165) is 16.5 Å². The van der Waals surface area contributed by atoms with E-state index in [1.165, 1.54) is 0 Å². The minimum atomic E-state index is -0.278. The topological polar surface area (TPSA) is 70.7 Å². The van der Waals surface area contributed by atoms with Crippen LogP contribution in [0, 0.1) is 0 Å². The molecule has 0 bridgehead atoms. The van der Waals surface area contributed by atoms with Crippen LogP contribution in [-0.2, 0) is 9.59 Å². The fourth-order valence-electron chi connectivity index (χ4n) is 3.29. The Kier molecular flexibility index (Phi) is 5.53. The Morgan fingerprint density at radius 3 is 2.72 bits per heavy atom. The molecule has 6 nitrogen and oxygen atoms in total. The number of nitrogens with zero attached hydrogens (tertiary/aromatic N) is 1. The summed E-state index contributed by atoms with van der Waals surface area (Å²) < 4.78 is 5.61. The molecule has 2 amide bonds. The number of carbonyl (C=O) groups excluding carboxylic acids is 2. The molecule has 0 aliphatic carbocycles. The summed E-state index contributed by atoms with van der Waals surface area (Å²) in [6.45, 7) is 1.44. The van der Waals surface area contributed by atoms with Crippen molar-refractivity contribution in [2.75, 3.05) is 36.5 Å². The van der Waals surface area contributed by atoms with Gasteiger partial charge in [-0.05, 0) is 41.1 Å². The molecule has 1 fully saturated rings. The molecule has 0 saturated carbocycles. The van der Waals surface area contributed by atoms with Crippen LogP contribution < -0.4 is 20.3 Å². The SMILES string of the molecule is O=C1CN(c2ccc(NC(=O)COc3ccc4ccccc4c3)cc2Cl)CCN1. The van der Waals surface area contributed by atoms with Crippen molar-refractivity contribution in [3.05, 3.63) is 65.7 Å². The maximum atomic E-state index is 12.2. The molecule has 0 aromatic heterocycles. The van der Waals surface area contributed by atoms with E-state index in [9.17, 15) is 9.59 Å². The number of fused-ring (bicyclic) bond motifs is 1. The number of hydrogen-bond donors (Lipinski definition) is 2. The average Bonchev–Trinajstić information content (AvgIpc) is 2.72. The molecule has 0 spiro atoms. The first kappa shape index (κ1) is 19.1. The molecule has 1 aliphatic heterocycles. The molecule has 0 unspecified atom stereocenters. The highest BCUT2D eigenvalue weighted by Crippen LogP contribution is 2.29. The largest absolute Gasteiger partial charge is 0.484 e. The average molecular weight is 410 g/mol. The molecule has 3 aromatic rings. The number of amides is 2. The molecule has 1 aliphatic rings. The normalized spacial score (nSPS) is 13.8. The summed E-state index contributed by atoms with van der Waals surface area (Å²) in [5.41, 5.74) is 1.35. The Hall–Kier alpha value is -3.25. The van der Waals surface area contributed by atoms with Crippen LogP contribution in [0.15, 0.2) is 60.7 Å². The van der Waals surface area contributed by atoms with E-state index in [1.54, 1.807) is 18.2 Å². The third kappa shape index (κ3) is 4.60. The Morgan fingerprint density at radius 2 is 1.93 bits per heavy atom. The zero-order valence-corrected chi connectivity index (χ0v) is 16.4. The molecule has 0 radical (unpaired) electrons.